The SMILES string of the molecule is COC(=O)/C=C/c1ccc(OCC(=O)c2ccc(NC(=O)CC(C)C)cc2)c(OC)c1. The molecule has 2 aromatic rings. The molecule has 0 aromatic heterocycles. The van der Waals surface area contributed by atoms with Crippen molar-refractivity contribution in [3.8, 4) is 11.5 Å². The molecule has 1 N–H and O–H groups in total. The van der Waals surface area contributed by atoms with E-state index in [-0.39, 0.29) is 24.2 Å². The van der Waals surface area contributed by atoms with E-state index in [0.29, 0.717) is 29.2 Å². The summed E-state index contributed by atoms with van der Waals surface area (Å²) in [7, 11) is 2.79. The van der Waals surface area contributed by atoms with Crippen molar-refractivity contribution < 1.29 is 28.6 Å². The first kappa shape index (κ1) is 23.7. The van der Waals surface area contributed by atoms with E-state index in [4.69, 9.17) is 9.47 Å². The molecule has 0 fully saturated rings. The van der Waals surface area contributed by atoms with Crippen LogP contribution in [0.15, 0.2) is 48.5 Å². The summed E-state index contributed by atoms with van der Waals surface area (Å²) in [5, 5.41) is 2.81. The molecule has 0 atom stereocenters. The number of rotatable bonds is 10. The first-order valence-electron chi connectivity index (χ1n) is 9.82. The standard InChI is InChI=1S/C24H27NO6/c1-16(2)13-23(27)25-19-9-7-18(8-10-19)20(26)15-31-21-11-5-17(14-22(21)29-3)6-12-24(28)30-4/h5-12,14,16H,13,15H2,1-4H3,(H,25,27)/b12-6+. The predicted molar refractivity (Wildman–Crippen MR) is 118 cm³/mol. The van der Waals surface area contributed by atoms with Crippen LogP contribution in [-0.4, -0.2) is 38.5 Å². The van der Waals surface area contributed by atoms with Gasteiger partial charge in [-0.2, -0.15) is 0 Å². The molecule has 0 radical (unpaired) electrons. The van der Waals surface area contributed by atoms with Crippen molar-refractivity contribution in [2.45, 2.75) is 20.3 Å². The molecule has 0 spiro atoms. The topological polar surface area (TPSA) is 90.9 Å². The first-order valence-corrected chi connectivity index (χ1v) is 9.82. The molecule has 2 rings (SSSR count). The third kappa shape index (κ3) is 7.62. The molecule has 0 aliphatic rings. The number of anilines is 1. The van der Waals surface area contributed by atoms with E-state index < -0.39 is 5.97 Å². The number of ether oxygens (including phenoxy) is 3. The van der Waals surface area contributed by atoms with Crippen LogP contribution in [0.1, 0.15) is 36.2 Å². The van der Waals surface area contributed by atoms with E-state index in [1.165, 1.54) is 20.3 Å². The molecule has 0 heterocycles. The lowest BCUT2D eigenvalue weighted by Crippen LogP contribution is -2.14. The van der Waals surface area contributed by atoms with Gasteiger partial charge in [-0.3, -0.25) is 9.59 Å². The van der Waals surface area contributed by atoms with E-state index in [2.05, 4.69) is 10.1 Å². The second-order valence-corrected chi connectivity index (χ2v) is 7.20. The number of methoxy groups -OCH3 is 2. The number of esters is 1. The monoisotopic (exact) mass is 425 g/mol. The Morgan fingerprint density at radius 1 is 1.00 bits per heavy atom. The van der Waals surface area contributed by atoms with Gasteiger partial charge < -0.3 is 19.5 Å². The lowest BCUT2D eigenvalue weighted by atomic mass is 10.1. The molecule has 164 valence electrons. The highest BCUT2D eigenvalue weighted by atomic mass is 16.5. The fourth-order valence-corrected chi connectivity index (χ4v) is 2.69. The molecule has 2 aromatic carbocycles. The number of Topliss-reactive ketones (excluding diaryl/α,β-unsaturated/α-hetero) is 1. The van der Waals surface area contributed by atoms with Gasteiger partial charge in [-0.15, -0.1) is 0 Å². The number of carbonyl (C=O) groups excluding carboxylic acids is 3. The summed E-state index contributed by atoms with van der Waals surface area (Å²) >= 11 is 0. The van der Waals surface area contributed by atoms with Crippen LogP contribution in [0.5, 0.6) is 11.5 Å². The van der Waals surface area contributed by atoms with Gasteiger partial charge in [-0.25, -0.2) is 4.79 Å². The molecule has 0 saturated heterocycles. The molecule has 0 saturated carbocycles. The summed E-state index contributed by atoms with van der Waals surface area (Å²) in [6.07, 6.45) is 3.33. The Morgan fingerprint density at radius 2 is 1.71 bits per heavy atom. The Hall–Kier alpha value is -3.61. The van der Waals surface area contributed by atoms with E-state index in [9.17, 15) is 14.4 Å². The van der Waals surface area contributed by atoms with Gasteiger partial charge in [0.05, 0.1) is 14.2 Å². The lowest BCUT2D eigenvalue weighted by molar-refractivity contribution is -0.134. The van der Waals surface area contributed by atoms with Gasteiger partial charge >= 0.3 is 5.97 Å². The van der Waals surface area contributed by atoms with Crippen LogP contribution in [0.3, 0.4) is 0 Å². The minimum Gasteiger partial charge on any atom is -0.493 e. The highest BCUT2D eigenvalue weighted by molar-refractivity contribution is 5.98. The highest BCUT2D eigenvalue weighted by Gasteiger charge is 2.11. The van der Waals surface area contributed by atoms with E-state index in [1.807, 2.05) is 13.8 Å². The van der Waals surface area contributed by atoms with Crippen molar-refractivity contribution in [2.75, 3.05) is 26.1 Å². The van der Waals surface area contributed by atoms with Gasteiger partial charge in [0.25, 0.3) is 0 Å². The molecular weight excluding hydrogens is 398 g/mol. The van der Waals surface area contributed by atoms with Gasteiger partial charge in [0.1, 0.15) is 0 Å². The minimum atomic E-state index is -0.463. The van der Waals surface area contributed by atoms with Crippen LogP contribution in [0, 0.1) is 5.92 Å². The number of benzene rings is 2. The predicted octanol–water partition coefficient (Wildman–Crippen LogP) is 4.13. The number of nitrogens with one attached hydrogen (secondary N) is 1. The van der Waals surface area contributed by atoms with E-state index in [1.54, 1.807) is 48.5 Å². The summed E-state index contributed by atoms with van der Waals surface area (Å²) in [6.45, 7) is 3.78. The van der Waals surface area contributed by atoms with Crippen molar-refractivity contribution in [3.63, 3.8) is 0 Å². The van der Waals surface area contributed by atoms with E-state index >= 15 is 0 Å². The van der Waals surface area contributed by atoms with E-state index in [0.717, 1.165) is 5.56 Å². The van der Waals surface area contributed by atoms with Gasteiger partial charge in [0.15, 0.2) is 23.9 Å². The molecule has 0 aliphatic carbocycles. The quantitative estimate of drug-likeness (QED) is 0.350. The Labute approximate surface area is 182 Å². The average Bonchev–Trinajstić information content (AvgIpc) is 2.75. The van der Waals surface area contributed by atoms with Gasteiger partial charge in [0, 0.05) is 23.7 Å². The highest BCUT2D eigenvalue weighted by Crippen LogP contribution is 2.28. The molecule has 0 unspecified atom stereocenters. The zero-order chi connectivity index (χ0) is 22.8. The summed E-state index contributed by atoms with van der Waals surface area (Å²) in [6, 6.07) is 11.8. The van der Waals surface area contributed by atoms with Crippen LogP contribution < -0.4 is 14.8 Å². The molecule has 7 heteroatoms. The van der Waals surface area contributed by atoms with Crippen molar-refractivity contribution >= 4 is 29.4 Å². The second-order valence-electron chi connectivity index (χ2n) is 7.20. The molecule has 1 amide bonds. The first-order chi connectivity index (χ1) is 14.8. The number of amides is 1. The minimum absolute atomic E-state index is 0.0608. The Kier molecular flexibility index (Phi) is 8.81. The number of carbonyl (C=O) groups is 3. The maximum absolute atomic E-state index is 12.5. The molecular formula is C24H27NO6. The van der Waals surface area contributed by atoms with Crippen LogP contribution >= 0.6 is 0 Å². The number of hydrogen-bond acceptors (Lipinski definition) is 6. The van der Waals surface area contributed by atoms with Crippen LogP contribution in [0.2, 0.25) is 0 Å². The fourth-order valence-electron chi connectivity index (χ4n) is 2.69. The van der Waals surface area contributed by atoms with Crippen molar-refractivity contribution in [1.29, 1.82) is 0 Å². The normalized spacial score (nSPS) is 10.7. The Morgan fingerprint density at radius 3 is 2.32 bits per heavy atom. The zero-order valence-corrected chi connectivity index (χ0v) is 18.1. The third-order valence-corrected chi connectivity index (χ3v) is 4.24. The second kappa shape index (κ2) is 11.5. The smallest absolute Gasteiger partial charge is 0.330 e. The largest absolute Gasteiger partial charge is 0.493 e. The number of ketones is 1. The number of hydrogen-bond donors (Lipinski definition) is 1. The molecule has 0 aliphatic heterocycles. The van der Waals surface area contributed by atoms with Gasteiger partial charge in [-0.1, -0.05) is 19.9 Å². The van der Waals surface area contributed by atoms with Crippen LogP contribution in [0.25, 0.3) is 6.08 Å². The summed E-state index contributed by atoms with van der Waals surface area (Å²) in [5.74, 6) is 0.376. The van der Waals surface area contributed by atoms with Gasteiger partial charge in [-0.05, 0) is 54.0 Å². The maximum atomic E-state index is 12.5. The van der Waals surface area contributed by atoms with Gasteiger partial charge in [0.2, 0.25) is 5.91 Å². The van der Waals surface area contributed by atoms with Crippen molar-refractivity contribution in [3.05, 3.63) is 59.7 Å². The van der Waals surface area contributed by atoms with Crippen LogP contribution in [-0.2, 0) is 14.3 Å². The third-order valence-electron chi connectivity index (χ3n) is 4.24. The average molecular weight is 425 g/mol. The Balaban J connectivity index is 1.98. The summed E-state index contributed by atoms with van der Waals surface area (Å²) in [4.78, 5) is 35.5. The Bertz CT molecular complexity index is 947. The molecule has 0 bridgehead atoms. The maximum Gasteiger partial charge on any atom is 0.330 e. The lowest BCUT2D eigenvalue weighted by Gasteiger charge is -2.11. The molecule has 7 nitrogen and oxygen atoms in total. The summed E-state index contributed by atoms with van der Waals surface area (Å²) < 4.78 is 15.5. The van der Waals surface area contributed by atoms with Crippen LogP contribution in [0.4, 0.5) is 5.69 Å². The van der Waals surface area contributed by atoms with Crippen molar-refractivity contribution in [2.24, 2.45) is 5.92 Å². The zero-order valence-electron chi connectivity index (χ0n) is 18.1. The molecule has 31 heavy (non-hydrogen) atoms. The van der Waals surface area contributed by atoms with Crippen molar-refractivity contribution in [1.82, 2.24) is 0 Å². The summed E-state index contributed by atoms with van der Waals surface area (Å²) in [5.41, 5.74) is 1.83. The fraction of sp³-hybridized carbons (Fsp3) is 0.292.